The van der Waals surface area contributed by atoms with Gasteiger partial charge < -0.3 is 10.2 Å². The fraction of sp³-hybridized carbons (Fsp3) is 0.562. The van der Waals surface area contributed by atoms with Crippen molar-refractivity contribution >= 4 is 5.91 Å². The Balaban J connectivity index is 1.64. The van der Waals surface area contributed by atoms with Gasteiger partial charge in [0.15, 0.2) is 0 Å². The molecule has 0 aromatic heterocycles. The van der Waals surface area contributed by atoms with E-state index in [9.17, 15) is 4.79 Å². The van der Waals surface area contributed by atoms with Crippen molar-refractivity contribution in [2.24, 2.45) is 0 Å². The predicted molar refractivity (Wildman–Crippen MR) is 79.4 cm³/mol. The van der Waals surface area contributed by atoms with Crippen LogP contribution in [-0.4, -0.2) is 55.0 Å². The van der Waals surface area contributed by atoms with Crippen molar-refractivity contribution in [3.63, 3.8) is 0 Å². The highest BCUT2D eigenvalue weighted by Crippen LogP contribution is 2.31. The minimum absolute atomic E-state index is 0.284. The third-order valence-electron chi connectivity index (χ3n) is 4.33. The summed E-state index contributed by atoms with van der Waals surface area (Å²) in [7, 11) is 0. The molecule has 0 spiro atoms. The van der Waals surface area contributed by atoms with E-state index >= 15 is 0 Å². The van der Waals surface area contributed by atoms with Crippen LogP contribution in [0.15, 0.2) is 30.3 Å². The molecule has 4 nitrogen and oxygen atoms in total. The molecule has 1 atom stereocenters. The van der Waals surface area contributed by atoms with Crippen LogP contribution in [0.25, 0.3) is 0 Å². The Kier molecular flexibility index (Phi) is 4.33. The topological polar surface area (TPSA) is 35.6 Å². The van der Waals surface area contributed by atoms with E-state index in [4.69, 9.17) is 0 Å². The molecule has 1 N–H and O–H groups in total. The second-order valence-electron chi connectivity index (χ2n) is 5.68. The van der Waals surface area contributed by atoms with Gasteiger partial charge in [-0.25, -0.2) is 0 Å². The molecule has 0 bridgehead atoms. The molecule has 1 aromatic carbocycles. The van der Waals surface area contributed by atoms with E-state index in [2.05, 4.69) is 39.4 Å². The number of likely N-dealkylation sites (tertiary alicyclic amines) is 1. The van der Waals surface area contributed by atoms with Gasteiger partial charge in [-0.15, -0.1) is 0 Å². The lowest BCUT2D eigenvalue weighted by Gasteiger charge is -2.31. The monoisotopic (exact) mass is 273 g/mol. The Labute approximate surface area is 120 Å². The largest absolute Gasteiger partial charge is 0.335 e. The Morgan fingerprint density at radius 3 is 2.65 bits per heavy atom. The number of carbonyl (C=O) groups is 1. The molecule has 2 aliphatic rings. The summed E-state index contributed by atoms with van der Waals surface area (Å²) in [6.07, 6.45) is 2.21. The normalized spacial score (nSPS) is 24.0. The summed E-state index contributed by atoms with van der Waals surface area (Å²) in [5, 5.41) is 3.33. The highest BCUT2D eigenvalue weighted by atomic mass is 16.2. The van der Waals surface area contributed by atoms with E-state index in [1.54, 1.807) is 0 Å². The maximum absolute atomic E-state index is 12.6. The molecule has 2 saturated heterocycles. The van der Waals surface area contributed by atoms with Crippen LogP contribution >= 0.6 is 0 Å². The number of hydrogen-bond acceptors (Lipinski definition) is 3. The van der Waals surface area contributed by atoms with Crippen molar-refractivity contribution in [2.75, 3.05) is 39.3 Å². The summed E-state index contributed by atoms with van der Waals surface area (Å²) in [4.78, 5) is 16.9. The van der Waals surface area contributed by atoms with Crippen LogP contribution in [0.5, 0.6) is 0 Å². The number of piperazine rings is 1. The molecule has 3 rings (SSSR count). The minimum atomic E-state index is 0.284. The summed E-state index contributed by atoms with van der Waals surface area (Å²) >= 11 is 0. The number of nitrogens with zero attached hydrogens (tertiary/aromatic N) is 2. The predicted octanol–water partition coefficient (Wildman–Crippen LogP) is 1.26. The molecule has 108 valence electrons. The van der Waals surface area contributed by atoms with Crippen LogP contribution in [0.2, 0.25) is 0 Å². The molecular weight excluding hydrogens is 250 g/mol. The molecular formula is C16H23N3O. The van der Waals surface area contributed by atoms with E-state index in [-0.39, 0.29) is 6.04 Å². The molecule has 1 amide bonds. The van der Waals surface area contributed by atoms with Gasteiger partial charge in [-0.1, -0.05) is 30.3 Å². The van der Waals surface area contributed by atoms with E-state index in [1.165, 1.54) is 5.56 Å². The van der Waals surface area contributed by atoms with E-state index in [0.29, 0.717) is 12.5 Å². The number of rotatable bonds is 3. The fourth-order valence-electron chi connectivity index (χ4n) is 3.24. The molecule has 4 heteroatoms. The molecule has 2 fully saturated rings. The Bertz CT molecular complexity index is 442. The summed E-state index contributed by atoms with van der Waals surface area (Å²) in [6, 6.07) is 10.7. The SMILES string of the molecule is O=C(CN1CCNCC1)N1CCCC1c1ccccc1. The standard InChI is InChI=1S/C16H23N3O/c20-16(13-18-11-8-17-9-12-18)19-10-4-7-15(19)14-5-2-1-3-6-14/h1-3,5-6,15,17H,4,7-13H2. The van der Waals surface area contributed by atoms with E-state index in [0.717, 1.165) is 45.6 Å². The second kappa shape index (κ2) is 6.37. The zero-order chi connectivity index (χ0) is 13.8. The molecule has 20 heavy (non-hydrogen) atoms. The summed E-state index contributed by atoms with van der Waals surface area (Å²) in [5.74, 6) is 0.290. The first-order valence-electron chi connectivity index (χ1n) is 7.62. The lowest BCUT2D eigenvalue weighted by molar-refractivity contribution is -0.133. The Morgan fingerprint density at radius 2 is 1.90 bits per heavy atom. The first-order valence-corrected chi connectivity index (χ1v) is 7.62. The molecule has 0 aliphatic carbocycles. The van der Waals surface area contributed by atoms with E-state index < -0.39 is 0 Å². The van der Waals surface area contributed by atoms with Crippen molar-refractivity contribution in [1.29, 1.82) is 0 Å². The van der Waals surface area contributed by atoms with Crippen LogP contribution < -0.4 is 5.32 Å². The quantitative estimate of drug-likeness (QED) is 0.900. The van der Waals surface area contributed by atoms with Crippen LogP contribution in [0, 0.1) is 0 Å². The van der Waals surface area contributed by atoms with Gasteiger partial charge in [0.25, 0.3) is 0 Å². The average Bonchev–Trinajstić information content (AvgIpc) is 2.99. The maximum Gasteiger partial charge on any atom is 0.237 e. The van der Waals surface area contributed by atoms with Gasteiger partial charge in [-0.2, -0.15) is 0 Å². The van der Waals surface area contributed by atoms with Crippen LogP contribution in [0.4, 0.5) is 0 Å². The molecule has 1 aromatic rings. The van der Waals surface area contributed by atoms with Crippen molar-refractivity contribution in [1.82, 2.24) is 15.1 Å². The van der Waals surface area contributed by atoms with Crippen molar-refractivity contribution in [3.8, 4) is 0 Å². The maximum atomic E-state index is 12.6. The van der Waals surface area contributed by atoms with Crippen LogP contribution in [-0.2, 0) is 4.79 Å². The second-order valence-corrected chi connectivity index (χ2v) is 5.68. The van der Waals surface area contributed by atoms with Crippen molar-refractivity contribution in [3.05, 3.63) is 35.9 Å². The van der Waals surface area contributed by atoms with Crippen molar-refractivity contribution in [2.45, 2.75) is 18.9 Å². The van der Waals surface area contributed by atoms with Gasteiger partial charge in [0.05, 0.1) is 12.6 Å². The number of amides is 1. The van der Waals surface area contributed by atoms with Gasteiger partial charge in [-0.3, -0.25) is 9.69 Å². The van der Waals surface area contributed by atoms with Gasteiger partial charge in [0.1, 0.15) is 0 Å². The van der Waals surface area contributed by atoms with Crippen LogP contribution in [0.1, 0.15) is 24.4 Å². The van der Waals surface area contributed by atoms with Gasteiger partial charge in [0.2, 0.25) is 5.91 Å². The van der Waals surface area contributed by atoms with Crippen molar-refractivity contribution < 1.29 is 4.79 Å². The van der Waals surface area contributed by atoms with Gasteiger partial charge in [-0.05, 0) is 18.4 Å². The lowest BCUT2D eigenvalue weighted by atomic mass is 10.0. The number of carbonyl (C=O) groups excluding carboxylic acids is 1. The molecule has 2 aliphatic heterocycles. The van der Waals surface area contributed by atoms with E-state index in [1.807, 2.05) is 6.07 Å². The highest BCUT2D eigenvalue weighted by Gasteiger charge is 2.30. The van der Waals surface area contributed by atoms with Gasteiger partial charge in [0, 0.05) is 32.7 Å². The molecule has 0 saturated carbocycles. The summed E-state index contributed by atoms with van der Waals surface area (Å²) in [6.45, 7) is 5.44. The average molecular weight is 273 g/mol. The smallest absolute Gasteiger partial charge is 0.237 e. The van der Waals surface area contributed by atoms with Crippen LogP contribution in [0.3, 0.4) is 0 Å². The zero-order valence-electron chi connectivity index (χ0n) is 11.9. The number of benzene rings is 1. The Hall–Kier alpha value is -1.39. The number of hydrogen-bond donors (Lipinski definition) is 1. The third-order valence-corrected chi connectivity index (χ3v) is 4.33. The first-order chi connectivity index (χ1) is 9.84. The number of nitrogens with one attached hydrogen (secondary N) is 1. The summed E-state index contributed by atoms with van der Waals surface area (Å²) < 4.78 is 0. The minimum Gasteiger partial charge on any atom is -0.335 e. The first kappa shape index (κ1) is 13.6. The molecule has 2 heterocycles. The summed E-state index contributed by atoms with van der Waals surface area (Å²) in [5.41, 5.74) is 1.28. The highest BCUT2D eigenvalue weighted by molar-refractivity contribution is 5.79. The zero-order valence-corrected chi connectivity index (χ0v) is 11.9. The lowest BCUT2D eigenvalue weighted by Crippen LogP contribution is -2.48. The third kappa shape index (κ3) is 3.02. The molecule has 1 unspecified atom stereocenters. The fourth-order valence-corrected chi connectivity index (χ4v) is 3.24. The molecule has 0 radical (unpaired) electrons. The van der Waals surface area contributed by atoms with Gasteiger partial charge >= 0.3 is 0 Å². The Morgan fingerprint density at radius 1 is 1.15 bits per heavy atom.